The molecule has 7 heteroatoms. The summed E-state index contributed by atoms with van der Waals surface area (Å²) in [5, 5.41) is 0.505. The predicted octanol–water partition coefficient (Wildman–Crippen LogP) is 3.68. The lowest BCUT2D eigenvalue weighted by Crippen LogP contribution is -2.44. The molecular formula is C23H29ClN2O4. The van der Waals surface area contributed by atoms with Crippen LogP contribution >= 0.6 is 11.6 Å². The van der Waals surface area contributed by atoms with Crippen LogP contribution in [0.2, 0.25) is 5.02 Å². The van der Waals surface area contributed by atoms with Gasteiger partial charge in [0.25, 0.3) is 0 Å². The van der Waals surface area contributed by atoms with Crippen molar-refractivity contribution in [1.82, 2.24) is 0 Å². The molecule has 0 spiro atoms. The molecule has 0 amide bonds. The number of nitrogens with zero attached hydrogens (tertiary/aromatic N) is 1. The summed E-state index contributed by atoms with van der Waals surface area (Å²) < 4.78 is 11.0. The zero-order valence-corrected chi connectivity index (χ0v) is 18.5. The van der Waals surface area contributed by atoms with Crippen molar-refractivity contribution < 1.29 is 19.1 Å². The molecule has 30 heavy (non-hydrogen) atoms. The Bertz CT molecular complexity index is 891. The Morgan fingerprint density at radius 3 is 2.67 bits per heavy atom. The largest absolute Gasteiger partial charge is 0.463 e. The fourth-order valence-electron chi connectivity index (χ4n) is 4.38. The van der Waals surface area contributed by atoms with Gasteiger partial charge in [-0.1, -0.05) is 43.6 Å². The molecular weight excluding hydrogens is 404 g/mol. The van der Waals surface area contributed by atoms with E-state index in [1.807, 2.05) is 18.2 Å². The Morgan fingerprint density at radius 1 is 1.27 bits per heavy atom. The first-order valence-electron chi connectivity index (χ1n) is 10.3. The molecule has 1 aromatic carbocycles. The Kier molecular flexibility index (Phi) is 7.11. The average Bonchev–Trinajstić information content (AvgIpc) is 2.66. The molecule has 1 aliphatic carbocycles. The summed E-state index contributed by atoms with van der Waals surface area (Å²) >= 11 is 6.54. The van der Waals surface area contributed by atoms with Gasteiger partial charge in [-0.2, -0.15) is 0 Å². The van der Waals surface area contributed by atoms with Crippen molar-refractivity contribution in [2.45, 2.75) is 39.5 Å². The quantitative estimate of drug-likeness (QED) is 0.524. The van der Waals surface area contributed by atoms with Crippen molar-refractivity contribution in [2.75, 3.05) is 26.4 Å². The minimum absolute atomic E-state index is 0.0682. The van der Waals surface area contributed by atoms with Crippen LogP contribution in [0.25, 0.3) is 0 Å². The van der Waals surface area contributed by atoms with E-state index in [9.17, 15) is 9.59 Å². The Hall–Kier alpha value is -2.02. The van der Waals surface area contributed by atoms with Crippen LogP contribution in [0.15, 0.2) is 40.5 Å². The summed E-state index contributed by atoms with van der Waals surface area (Å²) in [4.78, 5) is 31.1. The number of Topliss-reactive ketones (excluding diaryl/α,β-unsaturated/α-hetero) is 1. The molecule has 2 aliphatic rings. The van der Waals surface area contributed by atoms with Crippen molar-refractivity contribution in [3.63, 3.8) is 0 Å². The molecule has 1 heterocycles. The molecule has 2 N–H and O–H groups in total. The predicted molar refractivity (Wildman–Crippen MR) is 117 cm³/mol. The molecule has 1 aromatic rings. The van der Waals surface area contributed by atoms with Gasteiger partial charge in [0, 0.05) is 29.6 Å². The number of ketones is 1. The van der Waals surface area contributed by atoms with E-state index in [1.54, 1.807) is 13.0 Å². The van der Waals surface area contributed by atoms with Crippen LogP contribution in [0.5, 0.6) is 0 Å². The van der Waals surface area contributed by atoms with Gasteiger partial charge in [-0.15, -0.1) is 0 Å². The summed E-state index contributed by atoms with van der Waals surface area (Å²) in [6, 6.07) is 7.32. The highest BCUT2D eigenvalue weighted by atomic mass is 35.5. The Morgan fingerprint density at radius 2 is 2.00 bits per heavy atom. The number of carbonyl (C=O) groups is 2. The highest BCUT2D eigenvalue weighted by molar-refractivity contribution is 6.31. The minimum atomic E-state index is -0.551. The number of nitrogens with two attached hydrogens (primary N) is 1. The standard InChI is InChI=1S/C23H29ClN2O4/c1-4-30-22(28)21-17(13-29-10-9-25)26-16-11-23(2,3)12-18(27)20(16)19(21)14-7-5-6-8-15(14)24/h5-8,19-20H,4,9-13,25H2,1-3H3/t19-,20?/m1/s1. The lowest BCUT2D eigenvalue weighted by atomic mass is 9.63. The second-order valence-corrected chi connectivity index (χ2v) is 8.89. The van der Waals surface area contributed by atoms with Crippen LogP contribution in [-0.4, -0.2) is 43.8 Å². The van der Waals surface area contributed by atoms with Gasteiger partial charge in [0.1, 0.15) is 5.78 Å². The lowest BCUT2D eigenvalue weighted by molar-refractivity contribution is -0.139. The van der Waals surface area contributed by atoms with Crippen LogP contribution in [0.3, 0.4) is 0 Å². The number of hydrogen-bond acceptors (Lipinski definition) is 6. The van der Waals surface area contributed by atoms with Gasteiger partial charge in [-0.25, -0.2) is 4.79 Å². The van der Waals surface area contributed by atoms with E-state index in [0.29, 0.717) is 42.3 Å². The van der Waals surface area contributed by atoms with Gasteiger partial charge in [-0.05, 0) is 30.4 Å². The second kappa shape index (κ2) is 9.41. The molecule has 2 atom stereocenters. The molecule has 6 nitrogen and oxygen atoms in total. The third kappa shape index (κ3) is 4.66. The topological polar surface area (TPSA) is 91.0 Å². The minimum Gasteiger partial charge on any atom is -0.463 e. The van der Waals surface area contributed by atoms with E-state index in [2.05, 4.69) is 13.8 Å². The number of fused-ring (bicyclic) bond motifs is 1. The monoisotopic (exact) mass is 432 g/mol. The summed E-state index contributed by atoms with van der Waals surface area (Å²) in [6.45, 7) is 6.91. The van der Waals surface area contributed by atoms with Gasteiger partial charge in [0.05, 0.1) is 37.0 Å². The number of esters is 1. The van der Waals surface area contributed by atoms with Crippen LogP contribution in [-0.2, 0) is 19.1 Å². The molecule has 0 saturated heterocycles. The Balaban J connectivity index is 2.20. The summed E-state index contributed by atoms with van der Waals surface area (Å²) in [5.41, 5.74) is 7.71. The third-order valence-corrected chi connectivity index (χ3v) is 5.83. The van der Waals surface area contributed by atoms with E-state index in [1.165, 1.54) is 0 Å². The molecule has 162 valence electrons. The van der Waals surface area contributed by atoms with Gasteiger partial charge in [0.2, 0.25) is 0 Å². The number of ether oxygens (including phenoxy) is 2. The molecule has 0 bridgehead atoms. The average molecular weight is 433 g/mol. The lowest BCUT2D eigenvalue weighted by Gasteiger charge is -2.41. The van der Waals surface area contributed by atoms with Crippen LogP contribution in [0.4, 0.5) is 0 Å². The highest BCUT2D eigenvalue weighted by Crippen LogP contribution is 2.48. The number of rotatable bonds is 7. The zero-order valence-electron chi connectivity index (χ0n) is 17.7. The Labute approximate surface area is 182 Å². The molecule has 1 fully saturated rings. The zero-order chi connectivity index (χ0) is 21.9. The highest BCUT2D eigenvalue weighted by Gasteiger charge is 2.48. The number of aliphatic imine (C=N–C) groups is 1. The van der Waals surface area contributed by atoms with Gasteiger partial charge >= 0.3 is 5.97 Å². The summed E-state index contributed by atoms with van der Waals surface area (Å²) in [6.07, 6.45) is 1.09. The number of carbonyl (C=O) groups excluding carboxylic acids is 2. The van der Waals surface area contributed by atoms with E-state index in [-0.39, 0.29) is 24.4 Å². The van der Waals surface area contributed by atoms with Crippen molar-refractivity contribution in [1.29, 1.82) is 0 Å². The fourth-order valence-corrected chi connectivity index (χ4v) is 4.63. The van der Waals surface area contributed by atoms with Crippen molar-refractivity contribution in [3.05, 3.63) is 46.1 Å². The SMILES string of the molecule is CCOC(=O)C1=C(COCCN)N=C2CC(C)(C)CC(=O)C2[C@H]1c1ccccc1Cl. The maximum absolute atomic E-state index is 13.3. The first-order valence-corrected chi connectivity index (χ1v) is 10.7. The number of halogens is 1. The third-order valence-electron chi connectivity index (χ3n) is 5.49. The fraction of sp³-hybridized carbons (Fsp3) is 0.522. The molecule has 1 saturated carbocycles. The van der Waals surface area contributed by atoms with Gasteiger partial charge in [-0.3, -0.25) is 9.79 Å². The maximum atomic E-state index is 13.3. The van der Waals surface area contributed by atoms with Crippen LogP contribution in [0, 0.1) is 11.3 Å². The second-order valence-electron chi connectivity index (χ2n) is 8.49. The van der Waals surface area contributed by atoms with Crippen LogP contribution in [0.1, 0.15) is 45.1 Å². The summed E-state index contributed by atoms with van der Waals surface area (Å²) in [5.74, 6) is -1.51. The van der Waals surface area contributed by atoms with Gasteiger partial charge < -0.3 is 15.2 Å². The normalized spacial score (nSPS) is 23.1. The molecule has 1 unspecified atom stereocenters. The van der Waals surface area contributed by atoms with Crippen molar-refractivity contribution >= 4 is 29.1 Å². The van der Waals surface area contributed by atoms with Crippen LogP contribution < -0.4 is 5.73 Å². The molecule has 0 aromatic heterocycles. The number of benzene rings is 1. The molecule has 3 rings (SSSR count). The van der Waals surface area contributed by atoms with E-state index in [4.69, 9.17) is 31.8 Å². The first kappa shape index (κ1) is 22.7. The first-order chi connectivity index (χ1) is 14.3. The van der Waals surface area contributed by atoms with E-state index >= 15 is 0 Å². The van der Waals surface area contributed by atoms with Gasteiger partial charge in [0.15, 0.2) is 0 Å². The van der Waals surface area contributed by atoms with Crippen molar-refractivity contribution in [3.8, 4) is 0 Å². The maximum Gasteiger partial charge on any atom is 0.336 e. The molecule has 0 radical (unpaired) electrons. The van der Waals surface area contributed by atoms with Crippen molar-refractivity contribution in [2.24, 2.45) is 22.1 Å². The summed E-state index contributed by atoms with van der Waals surface area (Å²) in [7, 11) is 0. The van der Waals surface area contributed by atoms with E-state index < -0.39 is 17.8 Å². The number of hydrogen-bond donors (Lipinski definition) is 1. The molecule has 1 aliphatic heterocycles. The smallest absolute Gasteiger partial charge is 0.336 e. The van der Waals surface area contributed by atoms with E-state index in [0.717, 1.165) is 11.3 Å².